The first-order valence-corrected chi connectivity index (χ1v) is 7.85. The Morgan fingerprint density at radius 1 is 1.10 bits per heavy atom. The Morgan fingerprint density at radius 3 is 2.70 bits per heavy atom. The zero-order valence-corrected chi connectivity index (χ0v) is 12.0. The van der Waals surface area contributed by atoms with Crippen LogP contribution in [0.25, 0.3) is 0 Å². The number of fused-ring (bicyclic) bond motifs is 1. The molecule has 0 N–H and O–H groups in total. The van der Waals surface area contributed by atoms with E-state index in [1.165, 1.54) is 43.2 Å². The van der Waals surface area contributed by atoms with Crippen LogP contribution in [0, 0.1) is 5.92 Å². The molecule has 1 aliphatic carbocycles. The van der Waals surface area contributed by atoms with Gasteiger partial charge >= 0.3 is 0 Å². The van der Waals surface area contributed by atoms with Crippen LogP contribution >= 0.6 is 0 Å². The van der Waals surface area contributed by atoms with Crippen molar-refractivity contribution in [2.75, 3.05) is 6.54 Å². The SMILES string of the molecule is O=CC=CN1CCc2ccccc2C1C1CCCCC1. The van der Waals surface area contributed by atoms with Gasteiger partial charge in [0.05, 0.1) is 6.04 Å². The Labute approximate surface area is 121 Å². The molecule has 0 radical (unpaired) electrons. The summed E-state index contributed by atoms with van der Waals surface area (Å²) in [7, 11) is 0. The molecule has 0 aromatic heterocycles. The summed E-state index contributed by atoms with van der Waals surface area (Å²) in [6.07, 6.45) is 12.4. The van der Waals surface area contributed by atoms with Crippen molar-refractivity contribution in [3.05, 3.63) is 47.7 Å². The van der Waals surface area contributed by atoms with Gasteiger partial charge in [-0.3, -0.25) is 4.79 Å². The molecule has 0 bridgehead atoms. The number of carbonyl (C=O) groups is 1. The van der Waals surface area contributed by atoms with Gasteiger partial charge < -0.3 is 4.90 Å². The molecular formula is C18H23NO. The fourth-order valence-electron chi connectivity index (χ4n) is 3.91. The molecule has 1 atom stereocenters. The van der Waals surface area contributed by atoms with E-state index < -0.39 is 0 Å². The normalized spacial score (nSPS) is 23.8. The van der Waals surface area contributed by atoms with E-state index in [4.69, 9.17) is 0 Å². The first-order valence-electron chi connectivity index (χ1n) is 7.85. The number of nitrogens with zero attached hydrogens (tertiary/aromatic N) is 1. The largest absolute Gasteiger partial charge is 0.370 e. The van der Waals surface area contributed by atoms with Crippen molar-refractivity contribution >= 4 is 6.29 Å². The maximum atomic E-state index is 10.7. The van der Waals surface area contributed by atoms with Gasteiger partial charge in [-0.05, 0) is 42.4 Å². The van der Waals surface area contributed by atoms with Crippen molar-refractivity contribution in [2.45, 2.75) is 44.6 Å². The molecule has 3 rings (SSSR count). The van der Waals surface area contributed by atoms with Crippen LogP contribution in [0.1, 0.15) is 49.3 Å². The van der Waals surface area contributed by atoms with E-state index in [0.717, 1.165) is 25.2 Å². The standard InChI is InChI=1S/C18H23NO/c20-14-6-12-19-13-11-15-7-4-5-10-17(15)18(19)16-8-2-1-3-9-16/h4-7,10,12,14,16,18H,1-3,8-9,11,13H2. The summed E-state index contributed by atoms with van der Waals surface area (Å²) in [6.45, 7) is 1.03. The van der Waals surface area contributed by atoms with Gasteiger partial charge in [-0.1, -0.05) is 43.5 Å². The predicted octanol–water partition coefficient (Wildman–Crippen LogP) is 3.88. The van der Waals surface area contributed by atoms with Crippen LogP contribution in [0.3, 0.4) is 0 Å². The molecule has 0 spiro atoms. The molecule has 1 aromatic carbocycles. The van der Waals surface area contributed by atoms with E-state index in [9.17, 15) is 4.79 Å². The molecule has 1 unspecified atom stereocenters. The lowest BCUT2D eigenvalue weighted by Gasteiger charge is -2.42. The second-order valence-corrected chi connectivity index (χ2v) is 6.01. The lowest BCUT2D eigenvalue weighted by atomic mass is 9.77. The summed E-state index contributed by atoms with van der Waals surface area (Å²) in [5.74, 6) is 0.738. The molecule has 1 aliphatic heterocycles. The van der Waals surface area contributed by atoms with Gasteiger partial charge in [0.2, 0.25) is 0 Å². The summed E-state index contributed by atoms with van der Waals surface area (Å²) in [4.78, 5) is 13.1. The van der Waals surface area contributed by atoms with Crippen LogP contribution < -0.4 is 0 Å². The van der Waals surface area contributed by atoms with Gasteiger partial charge in [-0.2, -0.15) is 0 Å². The number of hydrogen-bond acceptors (Lipinski definition) is 2. The first kappa shape index (κ1) is 13.4. The second-order valence-electron chi connectivity index (χ2n) is 6.01. The molecule has 2 nitrogen and oxygen atoms in total. The molecule has 2 aliphatic rings. The molecule has 0 amide bonds. The zero-order chi connectivity index (χ0) is 13.8. The summed E-state index contributed by atoms with van der Waals surface area (Å²) in [5.41, 5.74) is 2.99. The number of hydrogen-bond donors (Lipinski definition) is 0. The van der Waals surface area contributed by atoms with Gasteiger partial charge in [0, 0.05) is 12.7 Å². The minimum Gasteiger partial charge on any atom is -0.370 e. The van der Waals surface area contributed by atoms with E-state index in [1.54, 1.807) is 6.08 Å². The molecule has 1 fully saturated rings. The van der Waals surface area contributed by atoms with Crippen molar-refractivity contribution in [1.82, 2.24) is 4.90 Å². The molecule has 20 heavy (non-hydrogen) atoms. The van der Waals surface area contributed by atoms with Crippen LogP contribution in [-0.2, 0) is 11.2 Å². The fraction of sp³-hybridized carbons (Fsp3) is 0.500. The van der Waals surface area contributed by atoms with Gasteiger partial charge in [0.25, 0.3) is 0 Å². The number of benzene rings is 1. The average molecular weight is 269 g/mol. The highest BCUT2D eigenvalue weighted by Gasteiger charge is 2.32. The molecular weight excluding hydrogens is 246 g/mol. The van der Waals surface area contributed by atoms with Crippen LogP contribution in [-0.4, -0.2) is 17.7 Å². The van der Waals surface area contributed by atoms with Crippen molar-refractivity contribution in [3.8, 4) is 0 Å². The minimum atomic E-state index is 0.469. The number of aldehydes is 1. The highest BCUT2D eigenvalue weighted by molar-refractivity contribution is 5.64. The van der Waals surface area contributed by atoms with Crippen LogP contribution in [0.4, 0.5) is 0 Å². The van der Waals surface area contributed by atoms with E-state index in [0.29, 0.717) is 6.04 Å². The smallest absolute Gasteiger partial charge is 0.144 e. The average Bonchev–Trinajstić information content (AvgIpc) is 2.53. The van der Waals surface area contributed by atoms with E-state index in [1.807, 2.05) is 6.20 Å². The molecule has 106 valence electrons. The Balaban J connectivity index is 1.93. The van der Waals surface area contributed by atoms with E-state index in [2.05, 4.69) is 29.2 Å². The highest BCUT2D eigenvalue weighted by Crippen LogP contribution is 2.41. The number of allylic oxidation sites excluding steroid dienone is 1. The highest BCUT2D eigenvalue weighted by atomic mass is 16.1. The second kappa shape index (κ2) is 6.25. The molecule has 2 heteroatoms. The summed E-state index contributed by atoms with van der Waals surface area (Å²) in [5, 5.41) is 0. The first-order chi connectivity index (χ1) is 9.90. The van der Waals surface area contributed by atoms with Crippen molar-refractivity contribution in [2.24, 2.45) is 5.92 Å². The molecule has 1 aromatic rings. The molecule has 1 heterocycles. The van der Waals surface area contributed by atoms with Gasteiger partial charge in [0.15, 0.2) is 0 Å². The summed E-state index contributed by atoms with van der Waals surface area (Å²) in [6, 6.07) is 9.33. The predicted molar refractivity (Wildman–Crippen MR) is 81.4 cm³/mol. The Morgan fingerprint density at radius 2 is 1.90 bits per heavy atom. The van der Waals surface area contributed by atoms with Gasteiger partial charge in [0.1, 0.15) is 6.29 Å². The Kier molecular flexibility index (Phi) is 4.19. The Bertz CT molecular complexity index is 488. The lowest BCUT2D eigenvalue weighted by Crippen LogP contribution is -2.36. The quantitative estimate of drug-likeness (QED) is 0.613. The van der Waals surface area contributed by atoms with Gasteiger partial charge in [-0.15, -0.1) is 0 Å². The third kappa shape index (κ3) is 2.65. The van der Waals surface area contributed by atoms with Gasteiger partial charge in [-0.25, -0.2) is 0 Å². The molecule has 0 saturated heterocycles. The fourth-order valence-corrected chi connectivity index (χ4v) is 3.91. The maximum Gasteiger partial charge on any atom is 0.144 e. The molecule has 1 saturated carbocycles. The van der Waals surface area contributed by atoms with Crippen molar-refractivity contribution in [1.29, 1.82) is 0 Å². The number of carbonyl (C=O) groups excluding carboxylic acids is 1. The summed E-state index contributed by atoms with van der Waals surface area (Å²) < 4.78 is 0. The van der Waals surface area contributed by atoms with Crippen LogP contribution in [0.5, 0.6) is 0 Å². The van der Waals surface area contributed by atoms with E-state index in [-0.39, 0.29) is 0 Å². The lowest BCUT2D eigenvalue weighted by molar-refractivity contribution is -0.104. The third-order valence-corrected chi connectivity index (χ3v) is 4.82. The van der Waals surface area contributed by atoms with E-state index >= 15 is 0 Å². The Hall–Kier alpha value is -1.57. The zero-order valence-electron chi connectivity index (χ0n) is 12.0. The monoisotopic (exact) mass is 269 g/mol. The summed E-state index contributed by atoms with van der Waals surface area (Å²) >= 11 is 0. The minimum absolute atomic E-state index is 0.469. The topological polar surface area (TPSA) is 20.3 Å². The van der Waals surface area contributed by atoms with Crippen LogP contribution in [0.2, 0.25) is 0 Å². The van der Waals surface area contributed by atoms with Crippen molar-refractivity contribution < 1.29 is 4.79 Å². The number of rotatable bonds is 3. The maximum absolute atomic E-state index is 10.7. The third-order valence-electron chi connectivity index (χ3n) is 4.82. The van der Waals surface area contributed by atoms with Crippen LogP contribution in [0.15, 0.2) is 36.5 Å². The van der Waals surface area contributed by atoms with Crippen molar-refractivity contribution in [3.63, 3.8) is 0 Å².